The van der Waals surface area contributed by atoms with Gasteiger partial charge in [0.1, 0.15) is 0 Å². The third-order valence-electron chi connectivity index (χ3n) is 4.18. The number of hydrogen-bond donors (Lipinski definition) is 1. The van der Waals surface area contributed by atoms with Gasteiger partial charge in [0.15, 0.2) is 0 Å². The summed E-state index contributed by atoms with van der Waals surface area (Å²) in [5, 5.41) is 10.1. The van der Waals surface area contributed by atoms with E-state index in [4.69, 9.17) is 0 Å². The van der Waals surface area contributed by atoms with Gasteiger partial charge in [-0.3, -0.25) is 0 Å². The summed E-state index contributed by atoms with van der Waals surface area (Å²) in [4.78, 5) is 0. The first kappa shape index (κ1) is 12.4. The van der Waals surface area contributed by atoms with Crippen molar-refractivity contribution >= 4 is 0 Å². The Morgan fingerprint density at radius 3 is 2.05 bits per heavy atom. The quantitative estimate of drug-likeness (QED) is 0.841. The minimum atomic E-state index is -0.156. The summed E-state index contributed by atoms with van der Waals surface area (Å²) >= 11 is 0. The lowest BCUT2D eigenvalue weighted by Crippen LogP contribution is -2.22. The van der Waals surface area contributed by atoms with Crippen LogP contribution in [0.2, 0.25) is 0 Å². The molecule has 1 heteroatoms. The van der Waals surface area contributed by atoms with Crippen LogP contribution < -0.4 is 0 Å². The fourth-order valence-corrected chi connectivity index (χ4v) is 3.05. The van der Waals surface area contributed by atoms with Crippen molar-refractivity contribution in [2.45, 2.75) is 37.7 Å². The van der Waals surface area contributed by atoms with Crippen LogP contribution in [0, 0.1) is 0 Å². The zero-order valence-corrected chi connectivity index (χ0v) is 11.1. The summed E-state index contributed by atoms with van der Waals surface area (Å²) in [5.41, 5.74) is 3.78. The Morgan fingerprint density at radius 2 is 1.37 bits per heavy atom. The van der Waals surface area contributed by atoms with Crippen LogP contribution in [0.15, 0.2) is 54.6 Å². The van der Waals surface area contributed by atoms with Gasteiger partial charge in [0.2, 0.25) is 0 Å². The monoisotopic (exact) mass is 252 g/mol. The lowest BCUT2D eigenvalue weighted by atomic mass is 9.81. The molecule has 1 fully saturated rings. The fraction of sp³-hybridized carbons (Fsp3) is 0.333. The normalized spacial score (nSPS) is 23.2. The Bertz CT molecular complexity index is 515. The predicted molar refractivity (Wildman–Crippen MR) is 79.1 cm³/mol. The number of aliphatic hydroxyl groups is 1. The molecule has 2 unspecified atom stereocenters. The maximum Gasteiger partial charge on any atom is 0.0608 e. The molecule has 19 heavy (non-hydrogen) atoms. The maximum absolute atomic E-state index is 10.1. The summed E-state index contributed by atoms with van der Waals surface area (Å²) in [6.45, 7) is 0. The van der Waals surface area contributed by atoms with E-state index in [1.165, 1.54) is 29.5 Å². The molecule has 0 aliphatic heterocycles. The molecule has 0 heterocycles. The van der Waals surface area contributed by atoms with Crippen LogP contribution in [0.5, 0.6) is 0 Å². The van der Waals surface area contributed by atoms with E-state index in [9.17, 15) is 5.11 Å². The molecule has 0 aromatic heterocycles. The minimum absolute atomic E-state index is 0.156. The molecule has 3 rings (SSSR count). The van der Waals surface area contributed by atoms with Gasteiger partial charge in [-0.05, 0) is 29.5 Å². The Kier molecular flexibility index (Phi) is 3.65. The molecule has 1 saturated carbocycles. The van der Waals surface area contributed by atoms with Gasteiger partial charge in [-0.25, -0.2) is 0 Å². The minimum Gasteiger partial charge on any atom is -0.392 e. The van der Waals surface area contributed by atoms with Crippen molar-refractivity contribution in [3.63, 3.8) is 0 Å². The Labute approximate surface area is 114 Å². The highest BCUT2D eigenvalue weighted by Gasteiger charge is 2.24. The zero-order valence-electron chi connectivity index (χ0n) is 11.1. The van der Waals surface area contributed by atoms with Crippen LogP contribution in [-0.2, 0) is 0 Å². The number of hydrogen-bond acceptors (Lipinski definition) is 1. The van der Waals surface area contributed by atoms with Crippen molar-refractivity contribution in [2.24, 2.45) is 0 Å². The van der Waals surface area contributed by atoms with Gasteiger partial charge in [-0.15, -0.1) is 0 Å². The molecule has 0 bridgehead atoms. The van der Waals surface area contributed by atoms with Crippen LogP contribution in [-0.4, -0.2) is 11.2 Å². The van der Waals surface area contributed by atoms with Crippen molar-refractivity contribution in [3.05, 3.63) is 60.2 Å². The largest absolute Gasteiger partial charge is 0.392 e. The number of benzene rings is 2. The molecule has 1 aliphatic rings. The second kappa shape index (κ2) is 5.58. The molecular weight excluding hydrogens is 232 g/mol. The van der Waals surface area contributed by atoms with Gasteiger partial charge >= 0.3 is 0 Å². The van der Waals surface area contributed by atoms with Gasteiger partial charge in [0, 0.05) is 5.92 Å². The van der Waals surface area contributed by atoms with Crippen LogP contribution >= 0.6 is 0 Å². The van der Waals surface area contributed by atoms with E-state index >= 15 is 0 Å². The third-order valence-corrected chi connectivity index (χ3v) is 4.18. The first-order valence-corrected chi connectivity index (χ1v) is 7.18. The number of aliphatic hydroxyl groups excluding tert-OH is 1. The molecule has 2 aromatic carbocycles. The molecule has 0 amide bonds. The summed E-state index contributed by atoms with van der Waals surface area (Å²) in [6, 6.07) is 19.1. The van der Waals surface area contributed by atoms with Crippen molar-refractivity contribution in [2.75, 3.05) is 0 Å². The lowest BCUT2D eigenvalue weighted by molar-refractivity contribution is 0.106. The average molecular weight is 252 g/mol. The Balaban J connectivity index is 1.83. The highest BCUT2D eigenvalue weighted by molar-refractivity contribution is 5.63. The van der Waals surface area contributed by atoms with Crippen LogP contribution in [0.4, 0.5) is 0 Å². The van der Waals surface area contributed by atoms with E-state index in [1.807, 2.05) is 6.07 Å². The molecule has 0 saturated heterocycles. The maximum atomic E-state index is 10.1. The standard InChI is InChI=1S/C18H20O/c19-18-9-5-4-8-17(18)16-12-10-15(11-13-16)14-6-2-1-3-7-14/h1-3,6-7,10-13,17-19H,4-5,8-9H2. The van der Waals surface area contributed by atoms with Crippen LogP contribution in [0.25, 0.3) is 11.1 Å². The first-order valence-electron chi connectivity index (χ1n) is 7.18. The molecule has 98 valence electrons. The van der Waals surface area contributed by atoms with Crippen LogP contribution in [0.3, 0.4) is 0 Å². The second-order valence-electron chi connectivity index (χ2n) is 5.45. The summed E-state index contributed by atoms with van der Waals surface area (Å²) in [7, 11) is 0. The molecule has 0 radical (unpaired) electrons. The topological polar surface area (TPSA) is 20.2 Å². The molecular formula is C18H20O. The lowest BCUT2D eigenvalue weighted by Gasteiger charge is -2.28. The van der Waals surface area contributed by atoms with E-state index in [2.05, 4.69) is 48.5 Å². The summed E-state index contributed by atoms with van der Waals surface area (Å²) in [6.07, 6.45) is 4.31. The van der Waals surface area contributed by atoms with Crippen molar-refractivity contribution < 1.29 is 5.11 Å². The highest BCUT2D eigenvalue weighted by Crippen LogP contribution is 2.33. The molecule has 2 aromatic rings. The van der Waals surface area contributed by atoms with Gasteiger partial charge in [0.25, 0.3) is 0 Å². The van der Waals surface area contributed by atoms with Crippen molar-refractivity contribution in [1.82, 2.24) is 0 Å². The smallest absolute Gasteiger partial charge is 0.0608 e. The Hall–Kier alpha value is -1.60. The van der Waals surface area contributed by atoms with E-state index in [0.29, 0.717) is 5.92 Å². The van der Waals surface area contributed by atoms with Gasteiger partial charge in [-0.1, -0.05) is 67.4 Å². The first-order chi connectivity index (χ1) is 9.34. The van der Waals surface area contributed by atoms with E-state index in [0.717, 1.165) is 12.8 Å². The second-order valence-corrected chi connectivity index (χ2v) is 5.45. The van der Waals surface area contributed by atoms with E-state index in [1.54, 1.807) is 0 Å². The highest BCUT2D eigenvalue weighted by atomic mass is 16.3. The zero-order chi connectivity index (χ0) is 13.1. The molecule has 1 nitrogen and oxygen atoms in total. The SMILES string of the molecule is OC1CCCCC1c1ccc(-c2ccccc2)cc1. The van der Waals surface area contributed by atoms with E-state index < -0.39 is 0 Å². The molecule has 2 atom stereocenters. The van der Waals surface area contributed by atoms with Crippen molar-refractivity contribution in [1.29, 1.82) is 0 Å². The van der Waals surface area contributed by atoms with Gasteiger partial charge < -0.3 is 5.11 Å². The third kappa shape index (κ3) is 2.71. The predicted octanol–water partition coefficient (Wildman–Crippen LogP) is 4.37. The molecule has 1 N–H and O–H groups in total. The molecule has 1 aliphatic carbocycles. The average Bonchev–Trinajstić information content (AvgIpc) is 2.49. The van der Waals surface area contributed by atoms with Crippen molar-refractivity contribution in [3.8, 4) is 11.1 Å². The summed E-state index contributed by atoms with van der Waals surface area (Å²) in [5.74, 6) is 0.332. The molecule has 0 spiro atoms. The van der Waals surface area contributed by atoms with Gasteiger partial charge in [0.05, 0.1) is 6.10 Å². The summed E-state index contributed by atoms with van der Waals surface area (Å²) < 4.78 is 0. The van der Waals surface area contributed by atoms with Crippen LogP contribution in [0.1, 0.15) is 37.2 Å². The number of rotatable bonds is 2. The van der Waals surface area contributed by atoms with E-state index in [-0.39, 0.29) is 6.10 Å². The fourth-order valence-electron chi connectivity index (χ4n) is 3.05. The van der Waals surface area contributed by atoms with Gasteiger partial charge in [-0.2, -0.15) is 0 Å². The Morgan fingerprint density at radius 1 is 0.737 bits per heavy atom.